The Bertz CT molecular complexity index is 1040. The minimum atomic E-state index is -0.585. The van der Waals surface area contributed by atoms with Gasteiger partial charge in [0.1, 0.15) is 5.75 Å². The molecule has 1 heteroatoms. The largest absolute Gasteiger partial charge is 0.472 e. The molecule has 0 saturated carbocycles. The Hall–Kier alpha value is -3.06. The van der Waals surface area contributed by atoms with Crippen molar-refractivity contribution < 1.29 is 4.74 Å². The van der Waals surface area contributed by atoms with Crippen LogP contribution in [0, 0.1) is 0 Å². The third-order valence-electron chi connectivity index (χ3n) is 5.57. The highest BCUT2D eigenvalue weighted by atomic mass is 16.5. The Labute approximate surface area is 168 Å². The molecule has 1 heterocycles. The molecule has 0 unspecified atom stereocenters. The van der Waals surface area contributed by atoms with Crippen LogP contribution in [0.25, 0.3) is 16.7 Å². The zero-order valence-electron chi connectivity index (χ0n) is 17.0. The maximum absolute atomic E-state index is 6.86. The second kappa shape index (κ2) is 7.16. The van der Waals surface area contributed by atoms with Crippen molar-refractivity contribution in [1.29, 1.82) is 0 Å². The van der Waals surface area contributed by atoms with E-state index in [1.165, 1.54) is 39.0 Å². The van der Waals surface area contributed by atoms with E-state index in [1.807, 2.05) is 19.9 Å². The molecule has 3 aromatic carbocycles. The third kappa shape index (κ3) is 2.39. The molecule has 0 fully saturated rings. The van der Waals surface area contributed by atoms with E-state index < -0.39 is 5.60 Å². The van der Waals surface area contributed by atoms with Gasteiger partial charge in [0.2, 0.25) is 0 Å². The maximum Gasteiger partial charge on any atom is 0.186 e. The van der Waals surface area contributed by atoms with E-state index in [-0.39, 0.29) is 0 Å². The van der Waals surface area contributed by atoms with Crippen molar-refractivity contribution in [2.45, 2.75) is 33.3 Å². The van der Waals surface area contributed by atoms with Crippen molar-refractivity contribution in [1.82, 2.24) is 0 Å². The van der Waals surface area contributed by atoms with Crippen LogP contribution in [-0.4, -0.2) is 0 Å². The maximum atomic E-state index is 6.86. The van der Waals surface area contributed by atoms with Gasteiger partial charge < -0.3 is 4.74 Å². The molecule has 1 nitrogen and oxygen atoms in total. The van der Waals surface area contributed by atoms with E-state index in [1.54, 1.807) is 0 Å². The van der Waals surface area contributed by atoms with Crippen molar-refractivity contribution in [3.8, 4) is 16.9 Å². The first kappa shape index (κ1) is 18.3. The lowest BCUT2D eigenvalue weighted by Crippen LogP contribution is -2.37. The van der Waals surface area contributed by atoms with E-state index in [0.29, 0.717) is 0 Å². The summed E-state index contributed by atoms with van der Waals surface area (Å²) in [6.45, 7) is 8.28. The van der Waals surface area contributed by atoms with E-state index >= 15 is 0 Å². The average Bonchev–Trinajstić information content (AvgIpc) is 3.04. The van der Waals surface area contributed by atoms with Crippen molar-refractivity contribution in [2.24, 2.45) is 0 Å². The molecule has 0 aromatic heterocycles. The topological polar surface area (TPSA) is 9.23 Å². The van der Waals surface area contributed by atoms with Gasteiger partial charge >= 0.3 is 0 Å². The molecule has 0 atom stereocenters. The SMILES string of the molecule is C/C=C\C1=C(C)c2ccccc2OC12c1ccccc1-c1ccccc12.CC. The molecule has 28 heavy (non-hydrogen) atoms. The summed E-state index contributed by atoms with van der Waals surface area (Å²) in [7, 11) is 0. The quantitative estimate of drug-likeness (QED) is 0.436. The summed E-state index contributed by atoms with van der Waals surface area (Å²) in [4.78, 5) is 0. The van der Waals surface area contributed by atoms with E-state index in [4.69, 9.17) is 4.74 Å². The van der Waals surface area contributed by atoms with Crippen LogP contribution in [0.1, 0.15) is 44.4 Å². The number of hydrogen-bond acceptors (Lipinski definition) is 1. The summed E-state index contributed by atoms with van der Waals surface area (Å²) in [5, 5.41) is 0. The fourth-order valence-electron chi connectivity index (χ4n) is 4.50. The highest BCUT2D eigenvalue weighted by Gasteiger charge is 2.50. The zero-order chi connectivity index (χ0) is 19.7. The molecular weight excluding hydrogens is 340 g/mol. The Morgan fingerprint density at radius 2 is 1.21 bits per heavy atom. The van der Waals surface area contributed by atoms with Gasteiger partial charge in [-0.1, -0.05) is 92.7 Å². The number of para-hydroxylation sites is 1. The molecule has 3 aromatic rings. The van der Waals surface area contributed by atoms with Crippen molar-refractivity contribution in [3.05, 3.63) is 107 Å². The van der Waals surface area contributed by atoms with E-state index in [0.717, 1.165) is 5.75 Å². The minimum Gasteiger partial charge on any atom is -0.472 e. The Morgan fingerprint density at radius 1 is 0.714 bits per heavy atom. The van der Waals surface area contributed by atoms with Crippen LogP contribution < -0.4 is 4.74 Å². The van der Waals surface area contributed by atoms with Gasteiger partial charge in [-0.2, -0.15) is 0 Å². The highest BCUT2D eigenvalue weighted by Crippen LogP contribution is 2.57. The number of allylic oxidation sites excluding steroid dienone is 2. The van der Waals surface area contributed by atoms with Gasteiger partial charge in [0, 0.05) is 22.3 Å². The first-order chi connectivity index (χ1) is 13.8. The van der Waals surface area contributed by atoms with Crippen molar-refractivity contribution in [3.63, 3.8) is 0 Å². The summed E-state index contributed by atoms with van der Waals surface area (Å²) in [5.41, 5.74) is 8.06. The lowest BCUT2D eigenvalue weighted by molar-refractivity contribution is 0.155. The molecule has 0 radical (unpaired) electrons. The van der Waals surface area contributed by atoms with Crippen LogP contribution in [0.3, 0.4) is 0 Å². The minimum absolute atomic E-state index is 0.585. The van der Waals surface area contributed by atoms with Crippen LogP contribution in [-0.2, 0) is 5.60 Å². The average molecular weight is 367 g/mol. The number of benzene rings is 3. The number of fused-ring (bicyclic) bond motifs is 6. The van der Waals surface area contributed by atoms with Gasteiger partial charge in [0.05, 0.1) is 0 Å². The van der Waals surface area contributed by atoms with Crippen LogP contribution >= 0.6 is 0 Å². The highest BCUT2D eigenvalue weighted by molar-refractivity contribution is 5.88. The molecule has 1 aliphatic heterocycles. The molecule has 0 bridgehead atoms. The van der Waals surface area contributed by atoms with Gasteiger partial charge in [-0.25, -0.2) is 0 Å². The summed E-state index contributed by atoms with van der Waals surface area (Å²) >= 11 is 0. The standard InChI is InChI=1S/C25H20O.C2H6/c1-3-10-21-17(2)18-11-6-9-16-24(18)26-25(21)22-14-7-4-12-19(22)20-13-5-8-15-23(20)25;1-2/h3-16H,1-2H3;1-2H3/b10-3-;. The van der Waals surface area contributed by atoms with E-state index in [2.05, 4.69) is 92.7 Å². The fourth-order valence-corrected chi connectivity index (χ4v) is 4.50. The van der Waals surface area contributed by atoms with Crippen molar-refractivity contribution >= 4 is 5.57 Å². The molecule has 0 N–H and O–H groups in total. The molecule has 140 valence electrons. The molecular formula is C27H26O. The van der Waals surface area contributed by atoms with Gasteiger partial charge in [-0.05, 0) is 36.6 Å². The molecule has 5 rings (SSSR count). The van der Waals surface area contributed by atoms with Crippen LogP contribution in [0.4, 0.5) is 0 Å². The van der Waals surface area contributed by atoms with Crippen molar-refractivity contribution in [2.75, 3.05) is 0 Å². The monoisotopic (exact) mass is 366 g/mol. The first-order valence-electron chi connectivity index (χ1n) is 10.1. The molecule has 0 saturated heterocycles. The molecule has 0 amide bonds. The van der Waals surface area contributed by atoms with E-state index in [9.17, 15) is 0 Å². The van der Waals surface area contributed by atoms with Crippen LogP contribution in [0.5, 0.6) is 5.75 Å². The van der Waals surface area contributed by atoms with Crippen LogP contribution in [0.15, 0.2) is 90.5 Å². The summed E-state index contributed by atoms with van der Waals surface area (Å²) in [5.74, 6) is 0.949. The Balaban J connectivity index is 0.000000932. The Morgan fingerprint density at radius 3 is 1.79 bits per heavy atom. The third-order valence-corrected chi connectivity index (χ3v) is 5.57. The summed E-state index contributed by atoms with van der Waals surface area (Å²) in [6, 6.07) is 25.6. The van der Waals surface area contributed by atoms with Gasteiger partial charge in [0.25, 0.3) is 0 Å². The number of rotatable bonds is 1. The molecule has 1 spiro atoms. The van der Waals surface area contributed by atoms with Gasteiger partial charge in [-0.15, -0.1) is 0 Å². The smallest absolute Gasteiger partial charge is 0.186 e. The molecule has 2 aliphatic rings. The molecule has 1 aliphatic carbocycles. The van der Waals surface area contributed by atoms with Gasteiger partial charge in [-0.3, -0.25) is 0 Å². The number of ether oxygens (including phenoxy) is 1. The predicted octanol–water partition coefficient (Wildman–Crippen LogP) is 7.38. The normalized spacial score (nSPS) is 15.4. The zero-order valence-corrected chi connectivity index (χ0v) is 17.0. The van der Waals surface area contributed by atoms with Gasteiger partial charge in [0.15, 0.2) is 5.60 Å². The summed E-state index contributed by atoms with van der Waals surface area (Å²) < 4.78 is 6.86. The van der Waals surface area contributed by atoms with Crippen LogP contribution in [0.2, 0.25) is 0 Å². The Kier molecular flexibility index (Phi) is 4.68. The number of hydrogen-bond donors (Lipinski definition) is 0. The lowest BCUT2D eigenvalue weighted by Gasteiger charge is -2.39. The summed E-state index contributed by atoms with van der Waals surface area (Å²) in [6.07, 6.45) is 4.32. The lowest BCUT2D eigenvalue weighted by atomic mass is 9.77. The fraction of sp³-hybridized carbons (Fsp3) is 0.185. The first-order valence-corrected chi connectivity index (χ1v) is 10.1. The second-order valence-electron chi connectivity index (χ2n) is 6.91. The predicted molar refractivity (Wildman–Crippen MR) is 118 cm³/mol. The second-order valence-corrected chi connectivity index (χ2v) is 6.91.